The van der Waals surface area contributed by atoms with Crippen LogP contribution in [0.15, 0.2) is 146 Å². The van der Waals surface area contributed by atoms with E-state index in [0.29, 0.717) is 11.4 Å². The summed E-state index contributed by atoms with van der Waals surface area (Å²) in [6.45, 7) is 0. The molecule has 1 aromatic heterocycles. The predicted octanol–water partition coefficient (Wildman–Crippen LogP) is 10.2. The van der Waals surface area contributed by atoms with Crippen LogP contribution in [0.1, 0.15) is 10.4 Å². The van der Waals surface area contributed by atoms with Crippen LogP contribution in [0, 0.1) is 0 Å². The first kappa shape index (κ1) is 28.8. The number of carbonyl (C=O) groups is 1. The maximum Gasteiger partial charge on any atom is 0.162 e. The largest absolute Gasteiger partial charge is 0.388 e. The molecule has 46 heavy (non-hydrogen) atoms. The van der Waals surface area contributed by atoms with Crippen molar-refractivity contribution in [2.75, 3.05) is 19.1 Å². The summed E-state index contributed by atoms with van der Waals surface area (Å²) in [5.41, 5.74) is 9.84. The van der Waals surface area contributed by atoms with E-state index in [0.717, 1.165) is 73.3 Å². The smallest absolute Gasteiger partial charge is 0.162 e. The number of hydrogen-bond acceptors (Lipinski definition) is 5. The summed E-state index contributed by atoms with van der Waals surface area (Å²) in [5, 5.41) is 2.21. The van der Waals surface area contributed by atoms with Crippen LogP contribution in [0.25, 0.3) is 55.7 Å². The molecule has 5 nitrogen and oxygen atoms in total. The molecule has 0 amide bonds. The zero-order valence-corrected chi connectivity index (χ0v) is 25.6. The van der Waals surface area contributed by atoms with Gasteiger partial charge in [0.05, 0.1) is 17.1 Å². The van der Waals surface area contributed by atoms with Crippen LogP contribution in [0.5, 0.6) is 0 Å². The summed E-state index contributed by atoms with van der Waals surface area (Å²) in [6.07, 6.45) is 0.934. The van der Waals surface area contributed by atoms with Crippen LogP contribution in [-0.4, -0.2) is 30.5 Å². The normalized spacial score (nSPS) is 11.4. The number of carbonyl (C=O) groups excluding carboxylic acids is 1. The van der Waals surface area contributed by atoms with Gasteiger partial charge in [0.2, 0.25) is 0 Å². The summed E-state index contributed by atoms with van der Waals surface area (Å²) in [4.78, 5) is 24.5. The molecule has 222 valence electrons. The number of nitrogens with zero attached hydrogens (tertiary/aromatic N) is 3. The van der Waals surface area contributed by atoms with Gasteiger partial charge < -0.3 is 4.74 Å². The summed E-state index contributed by atoms with van der Waals surface area (Å²) in [5.74, 6) is 1.46. The van der Waals surface area contributed by atoms with Crippen molar-refractivity contribution in [3.05, 3.63) is 151 Å². The molecular formula is C41H31N3O2. The van der Waals surface area contributed by atoms with E-state index in [9.17, 15) is 4.79 Å². The molecule has 1 aliphatic rings. The Morgan fingerprint density at radius 2 is 1.17 bits per heavy atom. The molecule has 0 aliphatic carbocycles. The highest BCUT2D eigenvalue weighted by Crippen LogP contribution is 2.52. The number of ether oxygens (including phenoxy) is 1. The minimum atomic E-state index is 0.668. The second-order valence-electron chi connectivity index (χ2n) is 11.0. The van der Waals surface area contributed by atoms with Crippen molar-refractivity contribution in [2.45, 2.75) is 0 Å². The van der Waals surface area contributed by atoms with Crippen LogP contribution in [0.4, 0.5) is 17.2 Å². The highest BCUT2D eigenvalue weighted by atomic mass is 16.4. The second kappa shape index (κ2) is 12.6. The molecule has 0 N–H and O–H groups in total. The van der Waals surface area contributed by atoms with E-state index in [4.69, 9.17) is 9.97 Å². The van der Waals surface area contributed by atoms with Gasteiger partial charge in [0.15, 0.2) is 12.1 Å². The van der Waals surface area contributed by atoms with Crippen LogP contribution < -0.4 is 4.90 Å². The van der Waals surface area contributed by atoms with Crippen molar-refractivity contribution >= 4 is 34.3 Å². The van der Waals surface area contributed by atoms with Crippen molar-refractivity contribution in [1.82, 2.24) is 9.97 Å². The lowest BCUT2D eigenvalue weighted by Gasteiger charge is -2.33. The molecule has 0 fully saturated rings. The van der Waals surface area contributed by atoms with E-state index >= 15 is 0 Å². The maximum absolute atomic E-state index is 12.0. The fraction of sp³-hybridized carbons (Fsp3) is 0.0488. The highest BCUT2D eigenvalue weighted by Gasteiger charge is 2.28. The topological polar surface area (TPSA) is 55.3 Å². The standard InChI is InChI=1S/C39H25N3O.C2H6O/c43-25-28-16-7-8-17-29(28)30-22-23-33-31-18-9-10-20-35(31)42(36-21-11-19-32(30)38(33)36)37-24-34(26-12-3-1-4-13-26)40-39(41-37)27-14-5-2-6-15-27;1-3-2/h1-25H;1-2H3. The Bertz CT molecular complexity index is 2120. The summed E-state index contributed by atoms with van der Waals surface area (Å²) < 4.78 is 4.25. The molecule has 0 atom stereocenters. The van der Waals surface area contributed by atoms with Gasteiger partial charge in [0.25, 0.3) is 0 Å². The van der Waals surface area contributed by atoms with E-state index in [-0.39, 0.29) is 0 Å². The van der Waals surface area contributed by atoms with Gasteiger partial charge in [-0.2, -0.15) is 0 Å². The minimum Gasteiger partial charge on any atom is -0.388 e. The third kappa shape index (κ3) is 5.13. The fourth-order valence-corrected chi connectivity index (χ4v) is 6.17. The van der Waals surface area contributed by atoms with E-state index < -0.39 is 0 Å². The van der Waals surface area contributed by atoms with Crippen LogP contribution in [0.2, 0.25) is 0 Å². The number of rotatable bonds is 5. The number of hydrogen-bond donors (Lipinski definition) is 0. The van der Waals surface area contributed by atoms with E-state index in [1.165, 1.54) is 0 Å². The first-order chi connectivity index (χ1) is 22.7. The first-order valence-electron chi connectivity index (χ1n) is 15.1. The summed E-state index contributed by atoms with van der Waals surface area (Å²) in [7, 11) is 3.25. The average Bonchev–Trinajstić information content (AvgIpc) is 3.13. The lowest BCUT2D eigenvalue weighted by Crippen LogP contribution is -2.17. The number of anilines is 3. The summed E-state index contributed by atoms with van der Waals surface area (Å²) in [6, 6.07) is 49.4. The molecule has 1 aliphatic heterocycles. The lowest BCUT2D eigenvalue weighted by molar-refractivity contribution is 0.112. The number of benzene rings is 6. The SMILES string of the molecule is COC.O=Cc1ccccc1-c1ccc2c3c(cccc13)N(c1cc(-c3ccccc3)nc(-c3ccccc3)n1)c1ccccc1-2. The van der Waals surface area contributed by atoms with Crippen molar-refractivity contribution in [3.8, 4) is 44.9 Å². The molecule has 0 radical (unpaired) electrons. The van der Waals surface area contributed by atoms with Gasteiger partial charge in [-0.15, -0.1) is 0 Å². The van der Waals surface area contributed by atoms with Gasteiger partial charge in [-0.05, 0) is 34.2 Å². The number of methoxy groups -OCH3 is 1. The molecule has 0 saturated carbocycles. The van der Waals surface area contributed by atoms with Crippen molar-refractivity contribution < 1.29 is 9.53 Å². The van der Waals surface area contributed by atoms with Gasteiger partial charge in [-0.25, -0.2) is 9.97 Å². The monoisotopic (exact) mass is 597 g/mol. The lowest BCUT2D eigenvalue weighted by atomic mass is 9.86. The third-order valence-electron chi connectivity index (χ3n) is 8.12. The molecule has 8 rings (SSSR count). The summed E-state index contributed by atoms with van der Waals surface area (Å²) >= 11 is 0. The Labute approximate surface area is 268 Å². The van der Waals surface area contributed by atoms with Gasteiger partial charge in [-0.1, -0.05) is 127 Å². The molecule has 0 bridgehead atoms. The number of aldehydes is 1. The van der Waals surface area contributed by atoms with Crippen molar-refractivity contribution in [1.29, 1.82) is 0 Å². The zero-order chi connectivity index (χ0) is 31.5. The minimum absolute atomic E-state index is 0.668. The molecule has 0 spiro atoms. The average molecular weight is 598 g/mol. The van der Waals surface area contributed by atoms with Gasteiger partial charge in [0.1, 0.15) is 5.82 Å². The van der Waals surface area contributed by atoms with Crippen molar-refractivity contribution in [2.24, 2.45) is 0 Å². The van der Waals surface area contributed by atoms with Crippen LogP contribution >= 0.6 is 0 Å². The van der Waals surface area contributed by atoms with E-state index in [2.05, 4.69) is 82.4 Å². The Balaban J connectivity index is 0.00000109. The number of para-hydroxylation sites is 1. The molecule has 7 aromatic rings. The molecule has 0 unspecified atom stereocenters. The second-order valence-corrected chi connectivity index (χ2v) is 11.0. The third-order valence-corrected chi connectivity index (χ3v) is 8.12. The van der Waals surface area contributed by atoms with Crippen LogP contribution in [0.3, 0.4) is 0 Å². The fourth-order valence-electron chi connectivity index (χ4n) is 6.17. The van der Waals surface area contributed by atoms with Gasteiger partial charge in [0, 0.05) is 47.9 Å². The zero-order valence-electron chi connectivity index (χ0n) is 25.6. The Kier molecular flexibility index (Phi) is 7.90. The number of fused-ring (bicyclic) bond motifs is 2. The quantitative estimate of drug-likeness (QED) is 0.185. The molecule has 2 heterocycles. The van der Waals surface area contributed by atoms with Crippen molar-refractivity contribution in [3.63, 3.8) is 0 Å². The Morgan fingerprint density at radius 3 is 1.91 bits per heavy atom. The molecule has 5 heteroatoms. The Morgan fingerprint density at radius 1 is 0.565 bits per heavy atom. The molecule has 0 saturated heterocycles. The van der Waals surface area contributed by atoms with Crippen LogP contribution in [-0.2, 0) is 4.74 Å². The maximum atomic E-state index is 12.0. The first-order valence-corrected chi connectivity index (χ1v) is 15.1. The Hall–Kier alpha value is -5.91. The number of aromatic nitrogens is 2. The van der Waals surface area contributed by atoms with E-state index in [1.54, 1.807) is 14.2 Å². The van der Waals surface area contributed by atoms with Gasteiger partial charge in [-0.3, -0.25) is 9.69 Å². The molecule has 6 aromatic carbocycles. The van der Waals surface area contributed by atoms with Gasteiger partial charge >= 0.3 is 0 Å². The highest BCUT2D eigenvalue weighted by molar-refractivity contribution is 6.17. The van der Waals surface area contributed by atoms with E-state index in [1.807, 2.05) is 72.8 Å². The molecular weight excluding hydrogens is 566 g/mol. The predicted molar refractivity (Wildman–Crippen MR) is 188 cm³/mol.